The molecule has 0 aromatic carbocycles. The smallest absolute Gasteiger partial charge is 0.306 e. The first-order valence-electron chi connectivity index (χ1n) is 6.21. The van der Waals surface area contributed by atoms with E-state index in [4.69, 9.17) is 9.63 Å². The Morgan fingerprint density at radius 2 is 2.18 bits per heavy atom. The Bertz CT molecular complexity index is 443. The van der Waals surface area contributed by atoms with Crippen LogP contribution in [0.25, 0.3) is 0 Å². The summed E-state index contributed by atoms with van der Waals surface area (Å²) in [5, 5.41) is 13.0. The highest BCUT2D eigenvalue weighted by atomic mass is 16.5. The Morgan fingerprint density at radius 3 is 2.76 bits per heavy atom. The Balaban J connectivity index is 1.69. The molecule has 1 aromatic rings. The van der Waals surface area contributed by atoms with Crippen molar-refractivity contribution in [3.8, 4) is 0 Å². The second kappa shape index (κ2) is 3.82. The molecule has 92 valence electrons. The molecular formula is C12H16N2O3. The topological polar surface area (TPSA) is 76.2 Å². The SMILES string of the molecule is CC1CC1c1noc(C2CCC(C(=O)O)C2)n1. The van der Waals surface area contributed by atoms with Crippen molar-refractivity contribution in [3.05, 3.63) is 11.7 Å². The molecule has 2 aliphatic carbocycles. The van der Waals surface area contributed by atoms with Gasteiger partial charge < -0.3 is 9.63 Å². The lowest BCUT2D eigenvalue weighted by Gasteiger charge is -2.02. The molecule has 0 bridgehead atoms. The Hall–Kier alpha value is -1.39. The fourth-order valence-corrected chi connectivity index (χ4v) is 2.68. The quantitative estimate of drug-likeness (QED) is 0.870. The third-order valence-electron chi connectivity index (χ3n) is 4.03. The molecule has 17 heavy (non-hydrogen) atoms. The van der Waals surface area contributed by atoms with Crippen LogP contribution in [0.15, 0.2) is 4.52 Å². The summed E-state index contributed by atoms with van der Waals surface area (Å²) >= 11 is 0. The summed E-state index contributed by atoms with van der Waals surface area (Å²) in [5.41, 5.74) is 0. The lowest BCUT2D eigenvalue weighted by molar-refractivity contribution is -0.141. The van der Waals surface area contributed by atoms with Gasteiger partial charge in [0.1, 0.15) is 0 Å². The molecule has 4 atom stereocenters. The second-order valence-corrected chi connectivity index (χ2v) is 5.36. The van der Waals surface area contributed by atoms with Gasteiger partial charge in [-0.2, -0.15) is 4.98 Å². The molecule has 0 amide bonds. The zero-order valence-electron chi connectivity index (χ0n) is 9.80. The minimum atomic E-state index is -0.706. The zero-order valence-corrected chi connectivity index (χ0v) is 9.80. The third kappa shape index (κ3) is 1.94. The number of carbonyl (C=O) groups is 1. The molecule has 0 aliphatic heterocycles. The number of carboxylic acids is 1. The van der Waals surface area contributed by atoms with E-state index < -0.39 is 5.97 Å². The van der Waals surface area contributed by atoms with E-state index in [1.54, 1.807) is 0 Å². The van der Waals surface area contributed by atoms with Gasteiger partial charge in [0.15, 0.2) is 5.82 Å². The minimum Gasteiger partial charge on any atom is -0.481 e. The van der Waals surface area contributed by atoms with Crippen molar-refractivity contribution < 1.29 is 14.4 Å². The summed E-state index contributed by atoms with van der Waals surface area (Å²) in [5.74, 6) is 1.78. The molecule has 1 aromatic heterocycles. The first kappa shape index (κ1) is 10.7. The van der Waals surface area contributed by atoms with Crippen LogP contribution in [0.4, 0.5) is 0 Å². The number of carboxylic acid groups (broad SMARTS) is 1. The monoisotopic (exact) mass is 236 g/mol. The minimum absolute atomic E-state index is 0.145. The van der Waals surface area contributed by atoms with Gasteiger partial charge in [0.2, 0.25) is 5.89 Å². The highest BCUT2D eigenvalue weighted by molar-refractivity contribution is 5.70. The van der Waals surface area contributed by atoms with Crippen LogP contribution in [0.2, 0.25) is 0 Å². The summed E-state index contributed by atoms with van der Waals surface area (Å²) in [4.78, 5) is 15.3. The molecule has 2 fully saturated rings. The molecule has 0 spiro atoms. The van der Waals surface area contributed by atoms with Gasteiger partial charge in [0, 0.05) is 11.8 Å². The fourth-order valence-electron chi connectivity index (χ4n) is 2.68. The molecule has 4 unspecified atom stereocenters. The van der Waals surface area contributed by atoms with Crippen LogP contribution >= 0.6 is 0 Å². The Labute approximate surface area is 99.2 Å². The number of hydrogen-bond acceptors (Lipinski definition) is 4. The number of hydrogen-bond donors (Lipinski definition) is 1. The predicted octanol–water partition coefficient (Wildman–Crippen LogP) is 2.16. The lowest BCUT2D eigenvalue weighted by atomic mass is 10.1. The van der Waals surface area contributed by atoms with Crippen LogP contribution in [0.3, 0.4) is 0 Å². The summed E-state index contributed by atoms with van der Waals surface area (Å²) in [6.45, 7) is 2.18. The number of rotatable bonds is 3. The summed E-state index contributed by atoms with van der Waals surface area (Å²) < 4.78 is 5.27. The van der Waals surface area contributed by atoms with E-state index in [9.17, 15) is 4.79 Å². The van der Waals surface area contributed by atoms with Crippen molar-refractivity contribution in [3.63, 3.8) is 0 Å². The maximum absolute atomic E-state index is 10.9. The van der Waals surface area contributed by atoms with Crippen LogP contribution in [0.1, 0.15) is 56.2 Å². The van der Waals surface area contributed by atoms with Gasteiger partial charge in [-0.15, -0.1) is 0 Å². The first-order valence-corrected chi connectivity index (χ1v) is 6.21. The van der Waals surface area contributed by atoms with Crippen molar-refractivity contribution in [2.75, 3.05) is 0 Å². The van der Waals surface area contributed by atoms with Crippen LogP contribution in [-0.4, -0.2) is 21.2 Å². The number of aliphatic carboxylic acids is 1. The van der Waals surface area contributed by atoms with Crippen LogP contribution in [0.5, 0.6) is 0 Å². The molecule has 2 aliphatic rings. The summed E-state index contributed by atoms with van der Waals surface area (Å²) in [6, 6.07) is 0. The van der Waals surface area contributed by atoms with E-state index >= 15 is 0 Å². The van der Waals surface area contributed by atoms with Gasteiger partial charge in [-0.25, -0.2) is 0 Å². The normalized spacial score (nSPS) is 36.1. The van der Waals surface area contributed by atoms with Crippen molar-refractivity contribution in [2.24, 2.45) is 11.8 Å². The maximum atomic E-state index is 10.9. The van der Waals surface area contributed by atoms with Crippen molar-refractivity contribution in [2.45, 2.75) is 44.4 Å². The molecule has 5 heteroatoms. The summed E-state index contributed by atoms with van der Waals surface area (Å²) in [6.07, 6.45) is 3.34. The van der Waals surface area contributed by atoms with E-state index in [2.05, 4.69) is 17.1 Å². The van der Waals surface area contributed by atoms with E-state index in [1.807, 2.05) is 0 Å². The molecule has 5 nitrogen and oxygen atoms in total. The highest BCUT2D eigenvalue weighted by Gasteiger charge is 2.39. The second-order valence-electron chi connectivity index (χ2n) is 5.36. The predicted molar refractivity (Wildman–Crippen MR) is 58.5 cm³/mol. The fraction of sp³-hybridized carbons (Fsp3) is 0.750. The Kier molecular flexibility index (Phi) is 2.42. The highest BCUT2D eigenvalue weighted by Crippen LogP contribution is 2.46. The lowest BCUT2D eigenvalue weighted by Crippen LogP contribution is -2.09. The third-order valence-corrected chi connectivity index (χ3v) is 4.03. The van der Waals surface area contributed by atoms with Crippen molar-refractivity contribution in [1.29, 1.82) is 0 Å². The first-order chi connectivity index (χ1) is 8.15. The molecular weight excluding hydrogens is 220 g/mol. The average Bonchev–Trinajstić information content (AvgIpc) is 2.78. The van der Waals surface area contributed by atoms with Crippen LogP contribution in [-0.2, 0) is 4.79 Å². The molecule has 0 radical (unpaired) electrons. The van der Waals surface area contributed by atoms with E-state index in [0.717, 1.165) is 25.1 Å². The van der Waals surface area contributed by atoms with Crippen molar-refractivity contribution >= 4 is 5.97 Å². The molecule has 0 saturated heterocycles. The van der Waals surface area contributed by atoms with Gasteiger partial charge in [-0.1, -0.05) is 12.1 Å². The zero-order chi connectivity index (χ0) is 12.0. The summed E-state index contributed by atoms with van der Waals surface area (Å²) in [7, 11) is 0. The van der Waals surface area contributed by atoms with E-state index in [1.165, 1.54) is 0 Å². The van der Waals surface area contributed by atoms with Gasteiger partial charge in [-0.05, 0) is 31.6 Å². The van der Waals surface area contributed by atoms with E-state index in [0.29, 0.717) is 24.1 Å². The van der Waals surface area contributed by atoms with Gasteiger partial charge in [0.05, 0.1) is 5.92 Å². The number of aromatic nitrogens is 2. The van der Waals surface area contributed by atoms with Crippen LogP contribution in [0, 0.1) is 11.8 Å². The van der Waals surface area contributed by atoms with Crippen molar-refractivity contribution in [1.82, 2.24) is 10.1 Å². The average molecular weight is 236 g/mol. The van der Waals surface area contributed by atoms with Gasteiger partial charge >= 0.3 is 5.97 Å². The van der Waals surface area contributed by atoms with Gasteiger partial charge in [0.25, 0.3) is 0 Å². The largest absolute Gasteiger partial charge is 0.481 e. The molecule has 1 heterocycles. The number of nitrogens with zero attached hydrogens (tertiary/aromatic N) is 2. The molecule has 1 N–H and O–H groups in total. The maximum Gasteiger partial charge on any atom is 0.306 e. The van der Waals surface area contributed by atoms with Crippen LogP contribution < -0.4 is 0 Å². The Morgan fingerprint density at radius 1 is 1.41 bits per heavy atom. The standard InChI is InChI=1S/C12H16N2O3/c1-6-4-9(6)10-13-11(17-14-10)7-2-3-8(5-7)12(15)16/h6-9H,2-5H2,1H3,(H,15,16). The van der Waals surface area contributed by atoms with E-state index in [-0.39, 0.29) is 11.8 Å². The van der Waals surface area contributed by atoms with Gasteiger partial charge in [-0.3, -0.25) is 4.79 Å². The molecule has 3 rings (SSSR count). The molecule has 2 saturated carbocycles.